The lowest BCUT2D eigenvalue weighted by atomic mass is 9.86. The summed E-state index contributed by atoms with van der Waals surface area (Å²) in [7, 11) is 1.85. The summed E-state index contributed by atoms with van der Waals surface area (Å²) in [5.74, 6) is 0.778. The summed E-state index contributed by atoms with van der Waals surface area (Å²) < 4.78 is 0. The lowest BCUT2D eigenvalue weighted by molar-refractivity contribution is -0.123. The molecule has 7 nitrogen and oxygen atoms in total. The minimum atomic E-state index is -0.0990. The van der Waals surface area contributed by atoms with Crippen LogP contribution in [0, 0.1) is 5.41 Å². The fourth-order valence-corrected chi connectivity index (χ4v) is 4.92. The van der Waals surface area contributed by atoms with Crippen LogP contribution in [0.5, 0.6) is 0 Å². The number of aliphatic imine (C=N–C) groups is 1. The van der Waals surface area contributed by atoms with Gasteiger partial charge in [0.2, 0.25) is 5.91 Å². The van der Waals surface area contributed by atoms with Crippen molar-refractivity contribution in [1.82, 2.24) is 20.4 Å². The second-order valence-corrected chi connectivity index (χ2v) is 8.55. The Kier molecular flexibility index (Phi) is 7.60. The largest absolute Gasteiger partial charge is 0.353 e. The van der Waals surface area contributed by atoms with Gasteiger partial charge in [0.1, 0.15) is 0 Å². The highest BCUT2D eigenvalue weighted by molar-refractivity contribution is 14.0. The smallest absolute Gasteiger partial charge is 0.254 e. The SMILES string of the molecule is CN=C(NCc1ccc(C(=O)N2CCNC(=O)C2)cc1)N1CCC2(CCCC2)C1.I. The van der Waals surface area contributed by atoms with Gasteiger partial charge in [-0.05, 0) is 42.4 Å². The van der Waals surface area contributed by atoms with Gasteiger partial charge in [0.25, 0.3) is 5.91 Å². The molecule has 0 radical (unpaired) electrons. The van der Waals surface area contributed by atoms with Gasteiger partial charge in [-0.1, -0.05) is 25.0 Å². The number of carbonyl (C=O) groups is 2. The van der Waals surface area contributed by atoms with Gasteiger partial charge in [0, 0.05) is 45.3 Å². The lowest BCUT2D eigenvalue weighted by Gasteiger charge is -2.27. The van der Waals surface area contributed by atoms with E-state index in [1.807, 2.05) is 31.3 Å². The van der Waals surface area contributed by atoms with Crippen LogP contribution in [0.1, 0.15) is 48.0 Å². The number of hydrogen-bond donors (Lipinski definition) is 2. The molecule has 1 aromatic rings. The highest BCUT2D eigenvalue weighted by Gasteiger charge is 2.41. The maximum atomic E-state index is 12.6. The monoisotopic (exact) mass is 525 g/mol. The first-order valence-corrected chi connectivity index (χ1v) is 10.7. The van der Waals surface area contributed by atoms with Gasteiger partial charge in [-0.2, -0.15) is 0 Å². The Morgan fingerprint density at radius 3 is 2.53 bits per heavy atom. The Balaban J connectivity index is 0.00000256. The van der Waals surface area contributed by atoms with Crippen LogP contribution in [0.4, 0.5) is 0 Å². The van der Waals surface area contributed by atoms with Crippen LogP contribution in [0.15, 0.2) is 29.3 Å². The molecule has 0 aromatic heterocycles. The molecule has 0 bridgehead atoms. The van der Waals surface area contributed by atoms with Gasteiger partial charge >= 0.3 is 0 Å². The third-order valence-corrected chi connectivity index (χ3v) is 6.59. The molecule has 164 valence electrons. The van der Waals surface area contributed by atoms with Crippen LogP contribution in [0.2, 0.25) is 0 Å². The Bertz CT molecular complexity index is 789. The van der Waals surface area contributed by atoms with Crippen molar-refractivity contribution in [3.05, 3.63) is 35.4 Å². The summed E-state index contributed by atoms with van der Waals surface area (Å²) in [5, 5.41) is 6.22. The number of rotatable bonds is 3. The molecule has 1 spiro atoms. The van der Waals surface area contributed by atoms with E-state index in [1.54, 1.807) is 4.90 Å². The van der Waals surface area contributed by atoms with E-state index >= 15 is 0 Å². The van der Waals surface area contributed by atoms with E-state index in [0.29, 0.717) is 30.6 Å². The average molecular weight is 525 g/mol. The second-order valence-electron chi connectivity index (χ2n) is 8.55. The van der Waals surface area contributed by atoms with Crippen LogP contribution in [0.25, 0.3) is 0 Å². The first kappa shape index (κ1) is 22.8. The summed E-state index contributed by atoms with van der Waals surface area (Å²) in [6.45, 7) is 4.08. The van der Waals surface area contributed by atoms with Crippen LogP contribution < -0.4 is 10.6 Å². The standard InChI is InChI=1S/C22H31N5O2.HI/c1-23-21(27-12-10-22(16-27)8-2-3-9-22)25-14-17-4-6-18(7-5-17)20(29)26-13-11-24-19(28)15-26;/h4-7H,2-3,8-16H2,1H3,(H,23,25)(H,24,28);1H. The second kappa shape index (κ2) is 9.98. The van der Waals surface area contributed by atoms with E-state index in [-0.39, 0.29) is 42.3 Å². The fourth-order valence-electron chi connectivity index (χ4n) is 4.92. The number of carbonyl (C=O) groups excluding carboxylic acids is 2. The molecule has 3 aliphatic rings. The Hall–Kier alpha value is -1.84. The van der Waals surface area contributed by atoms with Crippen molar-refractivity contribution >= 4 is 41.8 Å². The maximum absolute atomic E-state index is 12.6. The van der Waals surface area contributed by atoms with Gasteiger partial charge in [0.15, 0.2) is 5.96 Å². The Morgan fingerprint density at radius 2 is 1.87 bits per heavy atom. The molecule has 1 aliphatic carbocycles. The number of nitrogens with one attached hydrogen (secondary N) is 2. The van der Waals surface area contributed by atoms with Gasteiger partial charge in [-0.15, -0.1) is 24.0 Å². The summed E-state index contributed by atoms with van der Waals surface area (Å²) >= 11 is 0. The number of amides is 2. The molecule has 1 aromatic carbocycles. The topological polar surface area (TPSA) is 77.0 Å². The molecular formula is C22H32IN5O2. The molecule has 30 heavy (non-hydrogen) atoms. The number of halogens is 1. The van der Waals surface area contributed by atoms with Gasteiger partial charge in [-0.3, -0.25) is 14.6 Å². The van der Waals surface area contributed by atoms with Gasteiger partial charge < -0.3 is 20.4 Å². The van der Waals surface area contributed by atoms with Crippen molar-refractivity contribution in [3.8, 4) is 0 Å². The average Bonchev–Trinajstić information content (AvgIpc) is 3.38. The molecule has 4 rings (SSSR count). The summed E-state index contributed by atoms with van der Waals surface area (Å²) in [4.78, 5) is 32.6. The minimum Gasteiger partial charge on any atom is -0.353 e. The van der Waals surface area contributed by atoms with E-state index in [9.17, 15) is 9.59 Å². The fraction of sp³-hybridized carbons (Fsp3) is 0.591. The number of likely N-dealkylation sites (tertiary alicyclic amines) is 1. The zero-order valence-corrected chi connectivity index (χ0v) is 20.0. The molecule has 8 heteroatoms. The lowest BCUT2D eigenvalue weighted by Crippen LogP contribution is -2.49. The Morgan fingerprint density at radius 1 is 1.13 bits per heavy atom. The molecule has 2 aliphatic heterocycles. The van der Waals surface area contributed by atoms with Gasteiger partial charge in [0.05, 0.1) is 6.54 Å². The number of guanidine groups is 1. The molecule has 2 saturated heterocycles. The van der Waals surface area contributed by atoms with Crippen molar-refractivity contribution in [2.24, 2.45) is 10.4 Å². The first-order chi connectivity index (χ1) is 14.1. The molecule has 2 amide bonds. The third-order valence-electron chi connectivity index (χ3n) is 6.59. The van der Waals surface area contributed by atoms with Crippen molar-refractivity contribution in [3.63, 3.8) is 0 Å². The van der Waals surface area contributed by atoms with Crippen LogP contribution in [-0.2, 0) is 11.3 Å². The number of benzene rings is 1. The summed E-state index contributed by atoms with van der Waals surface area (Å²) in [6, 6.07) is 7.63. The predicted molar refractivity (Wildman–Crippen MR) is 128 cm³/mol. The van der Waals surface area contributed by atoms with E-state index in [2.05, 4.69) is 20.5 Å². The number of hydrogen-bond acceptors (Lipinski definition) is 3. The van der Waals surface area contributed by atoms with Crippen LogP contribution in [-0.4, -0.2) is 67.3 Å². The molecule has 3 fully saturated rings. The zero-order valence-electron chi connectivity index (χ0n) is 17.7. The van der Waals surface area contributed by atoms with Crippen molar-refractivity contribution in [2.75, 3.05) is 39.8 Å². The quantitative estimate of drug-likeness (QED) is 0.361. The normalized spacial score (nSPS) is 20.8. The summed E-state index contributed by atoms with van der Waals surface area (Å²) in [6.07, 6.45) is 6.72. The molecule has 2 heterocycles. The molecule has 1 saturated carbocycles. The molecular weight excluding hydrogens is 493 g/mol. The zero-order chi connectivity index (χ0) is 20.3. The third kappa shape index (κ3) is 5.07. The number of piperazine rings is 1. The van der Waals surface area contributed by atoms with Crippen molar-refractivity contribution in [1.29, 1.82) is 0 Å². The first-order valence-electron chi connectivity index (χ1n) is 10.7. The molecule has 0 atom stereocenters. The summed E-state index contributed by atoms with van der Waals surface area (Å²) in [5.41, 5.74) is 2.25. The van der Waals surface area contributed by atoms with E-state index in [0.717, 1.165) is 24.6 Å². The van der Waals surface area contributed by atoms with Crippen LogP contribution in [0.3, 0.4) is 0 Å². The van der Waals surface area contributed by atoms with E-state index < -0.39 is 0 Å². The Labute approximate surface area is 195 Å². The number of nitrogens with zero attached hydrogens (tertiary/aromatic N) is 3. The maximum Gasteiger partial charge on any atom is 0.254 e. The molecule has 0 unspecified atom stereocenters. The van der Waals surface area contributed by atoms with Crippen molar-refractivity contribution < 1.29 is 9.59 Å². The van der Waals surface area contributed by atoms with E-state index in [1.165, 1.54) is 32.1 Å². The molecule has 2 N–H and O–H groups in total. The minimum absolute atomic E-state index is 0. The van der Waals surface area contributed by atoms with E-state index in [4.69, 9.17) is 0 Å². The van der Waals surface area contributed by atoms with Crippen molar-refractivity contribution in [2.45, 2.75) is 38.6 Å². The van der Waals surface area contributed by atoms with Crippen LogP contribution >= 0.6 is 24.0 Å². The highest BCUT2D eigenvalue weighted by Crippen LogP contribution is 2.45. The highest BCUT2D eigenvalue weighted by atomic mass is 127. The van der Waals surface area contributed by atoms with Gasteiger partial charge in [-0.25, -0.2) is 0 Å². The predicted octanol–water partition coefficient (Wildman–Crippen LogP) is 2.22.